The van der Waals surface area contributed by atoms with E-state index >= 15 is 0 Å². The summed E-state index contributed by atoms with van der Waals surface area (Å²) < 4.78 is 0. The van der Waals surface area contributed by atoms with Crippen molar-refractivity contribution in [2.45, 2.75) is 50.3 Å². The van der Waals surface area contributed by atoms with Gasteiger partial charge >= 0.3 is 0 Å². The minimum absolute atomic E-state index is 0.0392. The zero-order valence-corrected chi connectivity index (χ0v) is 11.5. The molecule has 0 aromatic carbocycles. The number of rotatable bonds is 3. The second kappa shape index (κ2) is 6.64. The summed E-state index contributed by atoms with van der Waals surface area (Å²) in [6.07, 6.45) is 6.30. The highest BCUT2D eigenvalue weighted by atomic mass is 32.2. The van der Waals surface area contributed by atoms with E-state index in [-0.39, 0.29) is 11.9 Å². The number of piperidine rings is 1. The molecule has 2 aliphatic heterocycles. The first-order valence-corrected chi connectivity index (χ1v) is 7.95. The minimum atomic E-state index is 0.0392. The summed E-state index contributed by atoms with van der Waals surface area (Å²) in [5.74, 6) is 1.95. The van der Waals surface area contributed by atoms with Crippen LogP contribution >= 0.6 is 11.8 Å². The summed E-state index contributed by atoms with van der Waals surface area (Å²) in [6, 6.07) is 0.0392. The van der Waals surface area contributed by atoms with Gasteiger partial charge in [0.25, 0.3) is 0 Å². The molecule has 3 nitrogen and oxygen atoms in total. The van der Waals surface area contributed by atoms with Crippen molar-refractivity contribution in [1.82, 2.24) is 10.6 Å². The van der Waals surface area contributed by atoms with Crippen LogP contribution in [0.15, 0.2) is 0 Å². The largest absolute Gasteiger partial charge is 0.354 e. The van der Waals surface area contributed by atoms with Crippen LogP contribution in [0, 0.1) is 5.92 Å². The maximum Gasteiger partial charge on any atom is 0.237 e. The molecule has 2 fully saturated rings. The van der Waals surface area contributed by atoms with E-state index in [9.17, 15) is 4.79 Å². The van der Waals surface area contributed by atoms with Gasteiger partial charge in [-0.2, -0.15) is 11.8 Å². The molecule has 4 heteroatoms. The number of amides is 1. The highest BCUT2D eigenvalue weighted by Crippen LogP contribution is 2.24. The number of hydrogen-bond acceptors (Lipinski definition) is 3. The highest BCUT2D eigenvalue weighted by molar-refractivity contribution is 7.99. The Kier molecular flexibility index (Phi) is 5.16. The lowest BCUT2D eigenvalue weighted by molar-refractivity contribution is -0.124. The molecule has 0 bridgehead atoms. The van der Waals surface area contributed by atoms with Crippen LogP contribution in [0.2, 0.25) is 0 Å². The number of carbonyl (C=O) groups excluding carboxylic acids is 1. The second-order valence-electron chi connectivity index (χ2n) is 5.29. The van der Waals surface area contributed by atoms with Crippen molar-refractivity contribution in [3.63, 3.8) is 0 Å². The van der Waals surface area contributed by atoms with Gasteiger partial charge in [0.1, 0.15) is 0 Å². The molecule has 2 rings (SSSR count). The quantitative estimate of drug-likeness (QED) is 0.809. The van der Waals surface area contributed by atoms with Crippen molar-refractivity contribution in [1.29, 1.82) is 0 Å². The molecule has 0 spiro atoms. The Balaban J connectivity index is 1.72. The van der Waals surface area contributed by atoms with Gasteiger partial charge in [-0.1, -0.05) is 13.3 Å². The standard InChI is InChI=1S/C13H24N2OS/c1-10-5-4-7-14-12(10)13(16)15-9-11-6-2-3-8-17-11/h10-12,14H,2-9H2,1H3,(H,15,16). The van der Waals surface area contributed by atoms with E-state index in [1.165, 1.54) is 37.9 Å². The maximum atomic E-state index is 12.1. The second-order valence-corrected chi connectivity index (χ2v) is 6.69. The number of thioether (sulfide) groups is 1. The Bertz CT molecular complexity index is 254. The van der Waals surface area contributed by atoms with Gasteiger partial charge in [0.05, 0.1) is 6.04 Å². The third kappa shape index (κ3) is 3.88. The predicted octanol–water partition coefficient (Wildman–Crippen LogP) is 1.78. The molecule has 0 saturated carbocycles. The van der Waals surface area contributed by atoms with Crippen LogP contribution < -0.4 is 10.6 Å². The van der Waals surface area contributed by atoms with E-state index in [1.54, 1.807) is 0 Å². The molecule has 0 aromatic rings. The van der Waals surface area contributed by atoms with Gasteiger partial charge in [0.15, 0.2) is 0 Å². The van der Waals surface area contributed by atoms with Crippen LogP contribution in [0.3, 0.4) is 0 Å². The summed E-state index contributed by atoms with van der Waals surface area (Å²) >= 11 is 2.02. The Morgan fingerprint density at radius 1 is 1.35 bits per heavy atom. The first kappa shape index (κ1) is 13.2. The summed E-state index contributed by atoms with van der Waals surface area (Å²) in [7, 11) is 0. The lowest BCUT2D eigenvalue weighted by atomic mass is 9.92. The fourth-order valence-corrected chi connectivity index (χ4v) is 3.93. The maximum absolute atomic E-state index is 12.1. The molecule has 3 atom stereocenters. The van der Waals surface area contributed by atoms with Gasteiger partial charge in [-0.3, -0.25) is 4.79 Å². The molecular formula is C13H24N2OS. The van der Waals surface area contributed by atoms with E-state index in [0.29, 0.717) is 11.2 Å². The van der Waals surface area contributed by atoms with E-state index in [0.717, 1.165) is 13.1 Å². The predicted molar refractivity (Wildman–Crippen MR) is 73.3 cm³/mol. The minimum Gasteiger partial charge on any atom is -0.354 e. The van der Waals surface area contributed by atoms with Crippen LogP contribution in [0.5, 0.6) is 0 Å². The topological polar surface area (TPSA) is 41.1 Å². The summed E-state index contributed by atoms with van der Waals surface area (Å²) in [5, 5.41) is 7.11. The van der Waals surface area contributed by atoms with E-state index < -0.39 is 0 Å². The Labute approximate surface area is 108 Å². The average molecular weight is 256 g/mol. The molecule has 98 valence electrons. The zero-order valence-electron chi connectivity index (χ0n) is 10.7. The van der Waals surface area contributed by atoms with Crippen molar-refractivity contribution < 1.29 is 4.79 Å². The molecule has 17 heavy (non-hydrogen) atoms. The van der Waals surface area contributed by atoms with Gasteiger partial charge in [-0.05, 0) is 43.9 Å². The molecule has 0 aromatic heterocycles. The monoisotopic (exact) mass is 256 g/mol. The Hall–Kier alpha value is -0.220. The lowest BCUT2D eigenvalue weighted by Crippen LogP contribution is -2.51. The molecule has 2 N–H and O–H groups in total. The normalized spacial score (nSPS) is 34.3. The van der Waals surface area contributed by atoms with Crippen LogP contribution in [-0.2, 0) is 4.79 Å². The Morgan fingerprint density at radius 2 is 2.24 bits per heavy atom. The SMILES string of the molecule is CC1CCCNC1C(=O)NCC1CCCCS1. The van der Waals surface area contributed by atoms with E-state index in [2.05, 4.69) is 17.6 Å². The van der Waals surface area contributed by atoms with Gasteiger partial charge in [0, 0.05) is 11.8 Å². The highest BCUT2D eigenvalue weighted by Gasteiger charge is 2.27. The van der Waals surface area contributed by atoms with Crippen molar-refractivity contribution >= 4 is 17.7 Å². The molecule has 2 heterocycles. The fourth-order valence-electron chi connectivity index (χ4n) is 2.69. The van der Waals surface area contributed by atoms with E-state index in [1.807, 2.05) is 11.8 Å². The summed E-state index contributed by atoms with van der Waals surface area (Å²) in [4.78, 5) is 12.1. The molecule has 2 saturated heterocycles. The van der Waals surface area contributed by atoms with Crippen LogP contribution in [-0.4, -0.2) is 36.0 Å². The van der Waals surface area contributed by atoms with Gasteiger partial charge in [0.2, 0.25) is 5.91 Å². The van der Waals surface area contributed by atoms with Crippen LogP contribution in [0.1, 0.15) is 39.0 Å². The van der Waals surface area contributed by atoms with Gasteiger partial charge in [-0.25, -0.2) is 0 Å². The number of hydrogen-bond donors (Lipinski definition) is 2. The molecule has 1 amide bonds. The molecule has 3 unspecified atom stereocenters. The zero-order chi connectivity index (χ0) is 12.1. The third-order valence-electron chi connectivity index (χ3n) is 3.83. The first-order valence-electron chi connectivity index (χ1n) is 6.90. The molecular weight excluding hydrogens is 232 g/mol. The van der Waals surface area contributed by atoms with Crippen molar-refractivity contribution in [3.8, 4) is 0 Å². The third-order valence-corrected chi connectivity index (χ3v) is 5.23. The fraction of sp³-hybridized carbons (Fsp3) is 0.923. The van der Waals surface area contributed by atoms with Crippen LogP contribution in [0.4, 0.5) is 0 Å². The van der Waals surface area contributed by atoms with Crippen molar-refractivity contribution in [3.05, 3.63) is 0 Å². The number of carbonyl (C=O) groups is 1. The summed E-state index contributed by atoms with van der Waals surface area (Å²) in [5.41, 5.74) is 0. The lowest BCUT2D eigenvalue weighted by Gasteiger charge is -2.30. The van der Waals surface area contributed by atoms with E-state index in [4.69, 9.17) is 0 Å². The summed E-state index contributed by atoms with van der Waals surface area (Å²) in [6.45, 7) is 4.01. The Morgan fingerprint density at radius 3 is 2.94 bits per heavy atom. The van der Waals surface area contributed by atoms with Crippen molar-refractivity contribution in [2.75, 3.05) is 18.8 Å². The van der Waals surface area contributed by atoms with Crippen LogP contribution in [0.25, 0.3) is 0 Å². The number of nitrogens with one attached hydrogen (secondary N) is 2. The molecule has 0 radical (unpaired) electrons. The average Bonchev–Trinajstić information content (AvgIpc) is 2.38. The van der Waals surface area contributed by atoms with Gasteiger partial charge in [-0.15, -0.1) is 0 Å². The van der Waals surface area contributed by atoms with Gasteiger partial charge < -0.3 is 10.6 Å². The van der Waals surface area contributed by atoms with Crippen molar-refractivity contribution in [2.24, 2.45) is 5.92 Å². The smallest absolute Gasteiger partial charge is 0.237 e. The molecule has 0 aliphatic carbocycles. The molecule has 2 aliphatic rings. The first-order chi connectivity index (χ1) is 8.27.